The molecule has 24 heavy (non-hydrogen) atoms. The van der Waals surface area contributed by atoms with E-state index in [0.717, 1.165) is 19.6 Å². The van der Waals surface area contributed by atoms with Crippen LogP contribution in [0.25, 0.3) is 0 Å². The number of rotatable bonds is 3. The van der Waals surface area contributed by atoms with E-state index < -0.39 is 0 Å². The minimum absolute atomic E-state index is 0.0290. The van der Waals surface area contributed by atoms with E-state index in [0.29, 0.717) is 29.5 Å². The Bertz CT molecular complexity index is 747. The molecule has 5 nitrogen and oxygen atoms in total. The zero-order valence-electron chi connectivity index (χ0n) is 14.4. The van der Waals surface area contributed by atoms with Crippen LogP contribution in [0.5, 0.6) is 0 Å². The summed E-state index contributed by atoms with van der Waals surface area (Å²) in [6.07, 6.45) is 0. The van der Waals surface area contributed by atoms with Crippen molar-refractivity contribution >= 4 is 17.5 Å². The van der Waals surface area contributed by atoms with Crippen LogP contribution in [-0.2, 0) is 13.6 Å². The van der Waals surface area contributed by atoms with E-state index in [1.54, 1.807) is 11.7 Å². The lowest BCUT2D eigenvalue weighted by molar-refractivity contribution is 0.0617. The molecule has 1 aliphatic rings. The van der Waals surface area contributed by atoms with Crippen molar-refractivity contribution in [2.24, 2.45) is 7.05 Å². The van der Waals surface area contributed by atoms with Gasteiger partial charge in [-0.1, -0.05) is 35.9 Å². The second-order valence-corrected chi connectivity index (χ2v) is 6.74. The van der Waals surface area contributed by atoms with Crippen LogP contribution in [0.2, 0.25) is 5.02 Å². The van der Waals surface area contributed by atoms with Gasteiger partial charge in [0.15, 0.2) is 0 Å². The highest BCUT2D eigenvalue weighted by Crippen LogP contribution is 2.22. The number of hydrogen-bond donors (Lipinski definition) is 0. The molecular weight excluding hydrogens is 324 g/mol. The van der Waals surface area contributed by atoms with E-state index in [2.05, 4.69) is 41.2 Å². The number of piperazine rings is 1. The molecule has 1 aliphatic heterocycles. The Morgan fingerprint density at radius 3 is 2.42 bits per heavy atom. The average molecular weight is 347 g/mol. The van der Waals surface area contributed by atoms with E-state index in [9.17, 15) is 4.79 Å². The first-order valence-corrected chi connectivity index (χ1v) is 8.60. The SMILES string of the molecule is Cc1ccccc1CN1CCN(C(=O)c2c(Cl)c(C)nn2C)CC1. The Labute approximate surface area is 147 Å². The third kappa shape index (κ3) is 3.32. The smallest absolute Gasteiger partial charge is 0.273 e. The molecule has 2 heterocycles. The van der Waals surface area contributed by atoms with Gasteiger partial charge in [0.2, 0.25) is 0 Å². The number of amides is 1. The quantitative estimate of drug-likeness (QED) is 0.858. The highest BCUT2D eigenvalue weighted by atomic mass is 35.5. The summed E-state index contributed by atoms with van der Waals surface area (Å²) in [5, 5.41) is 4.70. The van der Waals surface area contributed by atoms with Crippen LogP contribution in [0.3, 0.4) is 0 Å². The predicted octanol–water partition coefficient (Wildman–Crippen LogP) is 2.65. The summed E-state index contributed by atoms with van der Waals surface area (Å²) in [7, 11) is 1.76. The lowest BCUT2D eigenvalue weighted by Crippen LogP contribution is -2.48. The Morgan fingerprint density at radius 2 is 1.83 bits per heavy atom. The summed E-state index contributed by atoms with van der Waals surface area (Å²) in [6.45, 7) is 8.06. The molecule has 1 amide bonds. The monoisotopic (exact) mass is 346 g/mol. The second-order valence-electron chi connectivity index (χ2n) is 6.37. The number of carbonyl (C=O) groups excluding carboxylic acids is 1. The molecule has 1 fully saturated rings. The molecule has 128 valence electrons. The summed E-state index contributed by atoms with van der Waals surface area (Å²) in [5.41, 5.74) is 3.85. The molecular formula is C18H23ClN4O. The van der Waals surface area contributed by atoms with Gasteiger partial charge in [0.05, 0.1) is 10.7 Å². The van der Waals surface area contributed by atoms with Gasteiger partial charge in [-0.2, -0.15) is 5.10 Å². The number of aromatic nitrogens is 2. The first-order valence-electron chi connectivity index (χ1n) is 8.22. The zero-order chi connectivity index (χ0) is 17.3. The van der Waals surface area contributed by atoms with Crippen molar-refractivity contribution in [3.63, 3.8) is 0 Å². The number of carbonyl (C=O) groups is 1. The first kappa shape index (κ1) is 17.0. The summed E-state index contributed by atoms with van der Waals surface area (Å²) in [6, 6.07) is 8.46. The van der Waals surface area contributed by atoms with E-state index in [4.69, 9.17) is 11.6 Å². The minimum atomic E-state index is -0.0290. The van der Waals surface area contributed by atoms with Gasteiger partial charge in [-0.3, -0.25) is 14.4 Å². The van der Waals surface area contributed by atoms with E-state index in [1.807, 2.05) is 11.8 Å². The van der Waals surface area contributed by atoms with E-state index >= 15 is 0 Å². The van der Waals surface area contributed by atoms with Crippen molar-refractivity contribution in [1.29, 1.82) is 0 Å². The van der Waals surface area contributed by atoms with Crippen molar-refractivity contribution in [2.45, 2.75) is 20.4 Å². The van der Waals surface area contributed by atoms with Crippen molar-refractivity contribution in [1.82, 2.24) is 19.6 Å². The molecule has 6 heteroatoms. The van der Waals surface area contributed by atoms with Crippen LogP contribution in [0.4, 0.5) is 0 Å². The van der Waals surface area contributed by atoms with Gasteiger partial charge in [-0.25, -0.2) is 0 Å². The molecule has 0 unspecified atom stereocenters. The van der Waals surface area contributed by atoms with Crippen LogP contribution in [0.1, 0.15) is 27.3 Å². The normalized spacial score (nSPS) is 15.8. The van der Waals surface area contributed by atoms with Gasteiger partial charge in [-0.15, -0.1) is 0 Å². The number of halogens is 1. The van der Waals surface area contributed by atoms with Crippen LogP contribution >= 0.6 is 11.6 Å². The van der Waals surface area contributed by atoms with Crippen molar-refractivity contribution in [3.05, 3.63) is 51.8 Å². The fourth-order valence-electron chi connectivity index (χ4n) is 3.15. The molecule has 0 aliphatic carbocycles. The molecule has 0 saturated carbocycles. The van der Waals surface area contributed by atoms with Crippen molar-refractivity contribution in [2.75, 3.05) is 26.2 Å². The van der Waals surface area contributed by atoms with Gasteiger partial charge in [0, 0.05) is 39.8 Å². The maximum atomic E-state index is 12.7. The maximum Gasteiger partial charge on any atom is 0.273 e. The largest absolute Gasteiger partial charge is 0.335 e. The fourth-order valence-corrected chi connectivity index (χ4v) is 3.39. The lowest BCUT2D eigenvalue weighted by atomic mass is 10.1. The Balaban J connectivity index is 1.63. The van der Waals surface area contributed by atoms with Gasteiger partial charge in [0.25, 0.3) is 5.91 Å². The molecule has 0 bridgehead atoms. The molecule has 0 spiro atoms. The minimum Gasteiger partial charge on any atom is -0.335 e. The third-order valence-corrected chi connectivity index (χ3v) is 5.12. The van der Waals surface area contributed by atoms with Crippen molar-refractivity contribution < 1.29 is 4.79 Å². The van der Waals surface area contributed by atoms with E-state index in [1.165, 1.54) is 11.1 Å². The standard InChI is InChI=1S/C18H23ClN4O/c1-13-6-4-5-7-15(13)12-22-8-10-23(11-9-22)18(24)17-16(19)14(2)20-21(17)3/h4-7H,8-12H2,1-3H3. The predicted molar refractivity (Wildman–Crippen MR) is 95.3 cm³/mol. The Kier molecular flexibility index (Phi) is 4.92. The summed E-state index contributed by atoms with van der Waals surface area (Å²) in [5.74, 6) is -0.0290. The fraction of sp³-hybridized carbons (Fsp3) is 0.444. The lowest BCUT2D eigenvalue weighted by Gasteiger charge is -2.35. The summed E-state index contributed by atoms with van der Waals surface area (Å²) in [4.78, 5) is 17.0. The van der Waals surface area contributed by atoms with Gasteiger partial charge in [-0.05, 0) is 25.0 Å². The third-order valence-electron chi connectivity index (χ3n) is 4.67. The number of aryl methyl sites for hydroxylation is 3. The Hall–Kier alpha value is -1.85. The number of hydrogen-bond acceptors (Lipinski definition) is 3. The molecule has 1 aromatic heterocycles. The molecule has 0 N–H and O–H groups in total. The number of nitrogens with zero attached hydrogens (tertiary/aromatic N) is 4. The first-order chi connectivity index (χ1) is 11.5. The van der Waals surface area contributed by atoms with Crippen LogP contribution in [0, 0.1) is 13.8 Å². The summed E-state index contributed by atoms with van der Waals surface area (Å²) < 4.78 is 1.58. The van der Waals surface area contributed by atoms with Gasteiger partial charge < -0.3 is 4.90 Å². The molecule has 2 aromatic rings. The molecule has 1 saturated heterocycles. The topological polar surface area (TPSA) is 41.4 Å². The van der Waals surface area contributed by atoms with Crippen LogP contribution in [-0.4, -0.2) is 51.7 Å². The highest BCUT2D eigenvalue weighted by molar-refractivity contribution is 6.34. The maximum absolute atomic E-state index is 12.7. The van der Waals surface area contributed by atoms with Gasteiger partial charge >= 0.3 is 0 Å². The van der Waals surface area contributed by atoms with E-state index in [-0.39, 0.29) is 5.91 Å². The molecule has 0 radical (unpaired) electrons. The van der Waals surface area contributed by atoms with Crippen LogP contribution < -0.4 is 0 Å². The molecule has 3 rings (SSSR count). The van der Waals surface area contributed by atoms with Crippen molar-refractivity contribution in [3.8, 4) is 0 Å². The highest BCUT2D eigenvalue weighted by Gasteiger charge is 2.27. The average Bonchev–Trinajstić information content (AvgIpc) is 2.82. The molecule has 0 atom stereocenters. The zero-order valence-corrected chi connectivity index (χ0v) is 15.2. The summed E-state index contributed by atoms with van der Waals surface area (Å²) >= 11 is 6.24. The number of benzene rings is 1. The Morgan fingerprint density at radius 1 is 1.17 bits per heavy atom. The second kappa shape index (κ2) is 6.95. The molecule has 1 aromatic carbocycles. The van der Waals surface area contributed by atoms with Crippen LogP contribution in [0.15, 0.2) is 24.3 Å². The van der Waals surface area contributed by atoms with Gasteiger partial charge in [0.1, 0.15) is 5.69 Å².